The molecular weight excluding hydrogens is 358 g/mol. The highest BCUT2D eigenvalue weighted by molar-refractivity contribution is 7.17. The summed E-state index contributed by atoms with van der Waals surface area (Å²) < 4.78 is 0. The van der Waals surface area contributed by atoms with E-state index < -0.39 is 0 Å². The molecule has 0 aliphatic heterocycles. The number of aryl methyl sites for hydroxylation is 1. The van der Waals surface area contributed by atoms with Crippen LogP contribution in [0.3, 0.4) is 0 Å². The quantitative estimate of drug-likeness (QED) is 0.637. The van der Waals surface area contributed by atoms with Gasteiger partial charge in [0.1, 0.15) is 4.88 Å². The number of benzene rings is 2. The molecule has 2 amide bonds. The molecule has 3 rings (SSSR count). The second-order valence-corrected chi connectivity index (χ2v) is 6.83. The molecule has 0 unspecified atom stereocenters. The van der Waals surface area contributed by atoms with E-state index in [2.05, 4.69) is 15.6 Å². The lowest BCUT2D eigenvalue weighted by Crippen LogP contribution is -2.22. The fourth-order valence-corrected chi connectivity index (χ4v) is 3.29. The lowest BCUT2D eigenvalue weighted by atomic mass is 10.2. The molecule has 136 valence electrons. The number of anilines is 1. The summed E-state index contributed by atoms with van der Waals surface area (Å²) in [7, 11) is 0. The monoisotopic (exact) mass is 377 g/mol. The van der Waals surface area contributed by atoms with Crippen LogP contribution >= 0.6 is 11.3 Å². The molecule has 2 aromatic carbocycles. The van der Waals surface area contributed by atoms with E-state index in [0.29, 0.717) is 22.2 Å². The first-order valence-corrected chi connectivity index (χ1v) is 9.27. The van der Waals surface area contributed by atoms with E-state index in [-0.39, 0.29) is 11.8 Å². The van der Waals surface area contributed by atoms with Crippen LogP contribution in [0.2, 0.25) is 0 Å². The number of aromatic nitrogens is 1. The molecule has 0 saturated heterocycles. The van der Waals surface area contributed by atoms with Gasteiger partial charge < -0.3 is 5.32 Å². The minimum absolute atomic E-state index is 0.200. The van der Waals surface area contributed by atoms with E-state index in [4.69, 9.17) is 0 Å². The van der Waals surface area contributed by atoms with Crippen LogP contribution < -0.4 is 10.6 Å². The molecule has 0 radical (unpaired) electrons. The third-order valence-corrected chi connectivity index (χ3v) is 4.83. The second kappa shape index (κ2) is 8.91. The second-order valence-electron chi connectivity index (χ2n) is 5.84. The van der Waals surface area contributed by atoms with Gasteiger partial charge in [-0.15, -0.1) is 0 Å². The highest BCUT2D eigenvalue weighted by Crippen LogP contribution is 2.22. The van der Waals surface area contributed by atoms with Crippen LogP contribution in [0, 0.1) is 6.92 Å². The zero-order chi connectivity index (χ0) is 19.1. The standard InChI is InChI=1S/C21H19N3O2S/c1-15-19(20(26)22-14-17-10-6-3-7-11-17)27-21(23-15)24-18(25)13-12-16-8-4-2-5-9-16/h2-13H,14H2,1H3,(H,22,26)(H,23,24,25). The molecule has 0 aliphatic rings. The first kappa shape index (κ1) is 18.5. The van der Waals surface area contributed by atoms with Gasteiger partial charge in [-0.05, 0) is 24.1 Å². The third-order valence-electron chi connectivity index (χ3n) is 3.76. The van der Waals surface area contributed by atoms with Gasteiger partial charge in [0, 0.05) is 12.6 Å². The summed E-state index contributed by atoms with van der Waals surface area (Å²) in [5.41, 5.74) is 2.55. The van der Waals surface area contributed by atoms with Crippen molar-refractivity contribution in [3.63, 3.8) is 0 Å². The average Bonchev–Trinajstić information content (AvgIpc) is 3.06. The van der Waals surface area contributed by atoms with Gasteiger partial charge in [0.15, 0.2) is 5.13 Å². The summed E-state index contributed by atoms with van der Waals surface area (Å²) in [6, 6.07) is 19.2. The summed E-state index contributed by atoms with van der Waals surface area (Å²) in [6.07, 6.45) is 3.17. The number of carbonyl (C=O) groups excluding carboxylic acids is 2. The summed E-state index contributed by atoms with van der Waals surface area (Å²) in [4.78, 5) is 29.2. The minimum Gasteiger partial charge on any atom is -0.347 e. The molecule has 0 bridgehead atoms. The zero-order valence-corrected chi connectivity index (χ0v) is 15.6. The molecule has 0 spiro atoms. The summed E-state index contributed by atoms with van der Waals surface area (Å²) in [5.74, 6) is -0.488. The van der Waals surface area contributed by atoms with Crippen LogP contribution in [0.15, 0.2) is 66.7 Å². The minimum atomic E-state index is -0.288. The SMILES string of the molecule is Cc1nc(NC(=O)C=Cc2ccccc2)sc1C(=O)NCc1ccccc1. The summed E-state index contributed by atoms with van der Waals surface area (Å²) in [6.45, 7) is 2.20. The van der Waals surface area contributed by atoms with Gasteiger partial charge in [-0.2, -0.15) is 0 Å². The Bertz CT molecular complexity index is 950. The van der Waals surface area contributed by atoms with Crippen LogP contribution in [0.5, 0.6) is 0 Å². The number of carbonyl (C=O) groups is 2. The Balaban J connectivity index is 1.59. The maximum atomic E-state index is 12.4. The Morgan fingerprint density at radius 1 is 1.04 bits per heavy atom. The van der Waals surface area contributed by atoms with E-state index in [1.165, 1.54) is 6.08 Å². The molecule has 5 nitrogen and oxygen atoms in total. The Hall–Kier alpha value is -3.25. The van der Waals surface area contributed by atoms with Crippen molar-refractivity contribution < 1.29 is 9.59 Å². The Morgan fingerprint density at radius 2 is 1.70 bits per heavy atom. The number of rotatable bonds is 6. The van der Waals surface area contributed by atoms with Crippen LogP contribution in [-0.4, -0.2) is 16.8 Å². The summed E-state index contributed by atoms with van der Waals surface area (Å²) >= 11 is 1.16. The van der Waals surface area contributed by atoms with Crippen molar-refractivity contribution in [2.24, 2.45) is 0 Å². The average molecular weight is 377 g/mol. The van der Waals surface area contributed by atoms with Crippen LogP contribution in [0.1, 0.15) is 26.5 Å². The van der Waals surface area contributed by atoms with Crippen LogP contribution in [0.25, 0.3) is 6.08 Å². The molecule has 27 heavy (non-hydrogen) atoms. The van der Waals surface area contributed by atoms with E-state index >= 15 is 0 Å². The molecule has 6 heteroatoms. The first-order valence-electron chi connectivity index (χ1n) is 8.45. The Labute approximate surface area is 161 Å². The van der Waals surface area contributed by atoms with Crippen molar-refractivity contribution in [3.8, 4) is 0 Å². The van der Waals surface area contributed by atoms with Gasteiger partial charge in [0.25, 0.3) is 5.91 Å². The lowest BCUT2D eigenvalue weighted by Gasteiger charge is -2.03. The largest absolute Gasteiger partial charge is 0.347 e. The fourth-order valence-electron chi connectivity index (χ4n) is 2.40. The topological polar surface area (TPSA) is 71.1 Å². The van der Waals surface area contributed by atoms with E-state index in [0.717, 1.165) is 22.5 Å². The Morgan fingerprint density at radius 3 is 2.41 bits per heavy atom. The normalized spacial score (nSPS) is 10.7. The molecule has 1 heterocycles. The van der Waals surface area contributed by atoms with Gasteiger partial charge in [-0.1, -0.05) is 72.0 Å². The van der Waals surface area contributed by atoms with Crippen molar-refractivity contribution in [1.29, 1.82) is 0 Å². The summed E-state index contributed by atoms with van der Waals surface area (Å²) in [5, 5.41) is 5.98. The Kier molecular flexibility index (Phi) is 6.12. The highest BCUT2D eigenvalue weighted by atomic mass is 32.1. The molecule has 3 aromatic rings. The number of hydrogen-bond acceptors (Lipinski definition) is 4. The van der Waals surface area contributed by atoms with Gasteiger partial charge in [-0.3, -0.25) is 14.9 Å². The number of thiazole rings is 1. The molecule has 0 atom stereocenters. The van der Waals surface area contributed by atoms with Crippen molar-refractivity contribution >= 4 is 34.4 Å². The van der Waals surface area contributed by atoms with E-state index in [1.807, 2.05) is 60.7 Å². The maximum Gasteiger partial charge on any atom is 0.263 e. The van der Waals surface area contributed by atoms with Crippen molar-refractivity contribution in [2.45, 2.75) is 13.5 Å². The van der Waals surface area contributed by atoms with Gasteiger partial charge >= 0.3 is 0 Å². The van der Waals surface area contributed by atoms with Crippen LogP contribution in [-0.2, 0) is 11.3 Å². The zero-order valence-electron chi connectivity index (χ0n) is 14.8. The lowest BCUT2D eigenvalue weighted by molar-refractivity contribution is -0.111. The first-order chi connectivity index (χ1) is 13.1. The molecule has 0 saturated carbocycles. The molecular formula is C21H19N3O2S. The van der Waals surface area contributed by atoms with Crippen molar-refractivity contribution in [2.75, 3.05) is 5.32 Å². The smallest absolute Gasteiger partial charge is 0.263 e. The van der Waals surface area contributed by atoms with Crippen molar-refractivity contribution in [1.82, 2.24) is 10.3 Å². The molecule has 0 fully saturated rings. The number of nitrogens with one attached hydrogen (secondary N) is 2. The van der Waals surface area contributed by atoms with Crippen molar-refractivity contribution in [3.05, 3.63) is 88.4 Å². The van der Waals surface area contributed by atoms with E-state index in [9.17, 15) is 9.59 Å². The molecule has 0 aliphatic carbocycles. The van der Waals surface area contributed by atoms with E-state index in [1.54, 1.807) is 13.0 Å². The predicted molar refractivity (Wildman–Crippen MR) is 109 cm³/mol. The number of amides is 2. The molecule has 2 N–H and O–H groups in total. The third kappa shape index (κ3) is 5.36. The highest BCUT2D eigenvalue weighted by Gasteiger charge is 2.15. The van der Waals surface area contributed by atoms with Gasteiger partial charge in [0.05, 0.1) is 5.69 Å². The fraction of sp³-hybridized carbons (Fsp3) is 0.0952. The number of nitrogens with zero attached hydrogens (tertiary/aromatic N) is 1. The molecule has 1 aromatic heterocycles. The predicted octanol–water partition coefficient (Wildman–Crippen LogP) is 4.03. The van der Waals surface area contributed by atoms with Crippen LogP contribution in [0.4, 0.5) is 5.13 Å². The van der Waals surface area contributed by atoms with Gasteiger partial charge in [-0.25, -0.2) is 4.98 Å². The van der Waals surface area contributed by atoms with Gasteiger partial charge in [0.2, 0.25) is 5.91 Å². The number of hydrogen-bond donors (Lipinski definition) is 2. The maximum absolute atomic E-state index is 12.4.